The van der Waals surface area contributed by atoms with Crippen LogP contribution < -0.4 is 15.5 Å². The molecule has 220 valence electrons. The quantitative estimate of drug-likeness (QED) is 0.324. The molecule has 1 aromatic carbocycles. The normalized spacial score (nSPS) is 21.7. The average Bonchev–Trinajstić information content (AvgIpc) is 3.52. The first-order valence-electron chi connectivity index (χ1n) is 14.5. The highest BCUT2D eigenvalue weighted by Crippen LogP contribution is 2.37. The Balaban J connectivity index is 1.30. The Kier molecular flexibility index (Phi) is 7.79. The van der Waals surface area contributed by atoms with Gasteiger partial charge >= 0.3 is 11.9 Å². The van der Waals surface area contributed by atoms with Crippen molar-refractivity contribution < 1.29 is 24.2 Å². The third kappa shape index (κ3) is 5.92. The maximum absolute atomic E-state index is 12.1. The highest BCUT2D eigenvalue weighted by atomic mass is 16.4. The van der Waals surface area contributed by atoms with Gasteiger partial charge in [-0.3, -0.25) is 4.90 Å². The van der Waals surface area contributed by atoms with Gasteiger partial charge in [-0.05, 0) is 74.3 Å². The number of hydrogen-bond acceptors (Lipinski definition) is 7. The van der Waals surface area contributed by atoms with Crippen LogP contribution in [0.3, 0.4) is 0 Å². The largest absolute Gasteiger partial charge is 0.478 e. The van der Waals surface area contributed by atoms with E-state index in [1.54, 1.807) is 12.2 Å². The minimum atomic E-state index is -1.05. The van der Waals surface area contributed by atoms with Crippen LogP contribution in [-0.2, 0) is 9.59 Å². The molecule has 0 spiro atoms. The zero-order valence-electron chi connectivity index (χ0n) is 23.9. The summed E-state index contributed by atoms with van der Waals surface area (Å²) in [4.78, 5) is 27.9. The molecule has 0 radical (unpaired) electrons. The van der Waals surface area contributed by atoms with Crippen molar-refractivity contribution in [3.63, 3.8) is 0 Å². The summed E-state index contributed by atoms with van der Waals surface area (Å²) in [7, 11) is 1.94. The number of rotatable bonds is 8. The van der Waals surface area contributed by atoms with Gasteiger partial charge in [0.15, 0.2) is 0 Å². The van der Waals surface area contributed by atoms with E-state index in [0.717, 1.165) is 36.4 Å². The Bertz CT molecular complexity index is 1640. The highest BCUT2D eigenvalue weighted by molar-refractivity contribution is 5.92. The second-order valence-corrected chi connectivity index (χ2v) is 10.9. The predicted octanol–water partition coefficient (Wildman–Crippen LogP) is 5.45. The van der Waals surface area contributed by atoms with E-state index in [9.17, 15) is 19.8 Å². The summed E-state index contributed by atoms with van der Waals surface area (Å²) in [6.07, 6.45) is 19.0. The van der Waals surface area contributed by atoms with Gasteiger partial charge in [-0.15, -0.1) is 0 Å². The Morgan fingerprint density at radius 1 is 0.953 bits per heavy atom. The number of allylic oxidation sites excluding steroid dienone is 4. The summed E-state index contributed by atoms with van der Waals surface area (Å²) in [5.41, 5.74) is 4.50. The van der Waals surface area contributed by atoms with Crippen LogP contribution in [0.4, 0.5) is 11.6 Å². The molecule has 2 unspecified atom stereocenters. The number of carbonyl (C=O) groups is 2. The van der Waals surface area contributed by atoms with E-state index in [1.807, 2.05) is 54.6 Å². The molecule has 9 heteroatoms. The molecule has 1 aliphatic carbocycles. The Hall–Kier alpha value is -5.18. The molecule has 0 fully saturated rings. The number of benzene rings is 1. The molecule has 0 amide bonds. The number of carboxylic acids is 2. The molecule has 4 aliphatic rings. The van der Waals surface area contributed by atoms with Crippen molar-refractivity contribution in [2.75, 3.05) is 18.5 Å². The lowest BCUT2D eigenvalue weighted by Gasteiger charge is -2.36. The van der Waals surface area contributed by atoms with E-state index in [0.29, 0.717) is 23.7 Å². The number of anilines is 2. The van der Waals surface area contributed by atoms with Crippen LogP contribution in [0, 0.1) is 0 Å². The summed E-state index contributed by atoms with van der Waals surface area (Å²) < 4.78 is 6.50. The molecule has 2 aromatic rings. The predicted molar refractivity (Wildman–Crippen MR) is 165 cm³/mol. The molecule has 1 aromatic heterocycles. The minimum absolute atomic E-state index is 0.130. The maximum atomic E-state index is 12.1. The SMILES string of the molecule is CN1C=CC(c2ccc(N(C3=CCCCC3)c3ccccc3)o2)=CC1C1C=C(C(=O)O)C=C(C2=CC(C(=O)O)=CCN2)N1. The molecule has 3 aliphatic heterocycles. The molecule has 0 saturated heterocycles. The number of para-hydroxylation sites is 1. The van der Waals surface area contributed by atoms with E-state index in [-0.39, 0.29) is 17.2 Å². The highest BCUT2D eigenvalue weighted by Gasteiger charge is 2.30. The molecule has 0 bridgehead atoms. The fourth-order valence-corrected chi connectivity index (χ4v) is 5.81. The van der Waals surface area contributed by atoms with E-state index in [4.69, 9.17) is 4.42 Å². The second kappa shape index (κ2) is 12.0. The number of dihydropyridines is 2. The van der Waals surface area contributed by atoms with Crippen molar-refractivity contribution in [3.8, 4) is 0 Å². The standard InChI is InChI=1S/C34H34N4O5/c1-37-17-15-22(31-12-13-32(43-31)38(25-8-4-2-5-9-25)26-10-6-3-7-11-26)21-30(37)29-20-24(34(41)42)19-28(36-29)27-18-23(33(39)40)14-16-35-27/h2,4-5,8-10,12-15,17-21,29-30,35-36H,3,6-7,11,16H2,1H3,(H,39,40)(H,41,42). The fourth-order valence-electron chi connectivity index (χ4n) is 5.81. The number of furan rings is 1. The zero-order valence-corrected chi connectivity index (χ0v) is 23.9. The van der Waals surface area contributed by atoms with Gasteiger partial charge in [0.2, 0.25) is 5.88 Å². The summed E-state index contributed by atoms with van der Waals surface area (Å²) in [6, 6.07) is 13.5. The van der Waals surface area contributed by atoms with Crippen LogP contribution in [0.15, 0.2) is 124 Å². The summed E-state index contributed by atoms with van der Waals surface area (Å²) in [6.45, 7) is 0.330. The van der Waals surface area contributed by atoms with Crippen molar-refractivity contribution >= 4 is 29.1 Å². The van der Waals surface area contributed by atoms with Gasteiger partial charge in [-0.25, -0.2) is 9.59 Å². The number of likely N-dealkylation sites (N-methyl/N-ethyl adjacent to an activating group) is 1. The lowest BCUT2D eigenvalue weighted by Crippen LogP contribution is -2.48. The van der Waals surface area contributed by atoms with Gasteiger partial charge in [0.05, 0.1) is 34.6 Å². The van der Waals surface area contributed by atoms with E-state index >= 15 is 0 Å². The lowest BCUT2D eigenvalue weighted by atomic mass is 9.94. The monoisotopic (exact) mass is 578 g/mol. The van der Waals surface area contributed by atoms with Crippen LogP contribution >= 0.6 is 0 Å². The zero-order chi connectivity index (χ0) is 29.9. The Morgan fingerprint density at radius 3 is 2.49 bits per heavy atom. The van der Waals surface area contributed by atoms with Crippen LogP contribution in [0.1, 0.15) is 31.4 Å². The van der Waals surface area contributed by atoms with Crippen molar-refractivity contribution in [1.82, 2.24) is 15.5 Å². The number of nitrogens with one attached hydrogen (secondary N) is 2. The van der Waals surface area contributed by atoms with Crippen LogP contribution in [0.2, 0.25) is 0 Å². The smallest absolute Gasteiger partial charge is 0.335 e. The van der Waals surface area contributed by atoms with Crippen molar-refractivity contribution in [3.05, 3.63) is 125 Å². The summed E-state index contributed by atoms with van der Waals surface area (Å²) in [5.74, 6) is -0.634. The fraction of sp³-hybridized carbons (Fsp3) is 0.235. The number of nitrogens with zero attached hydrogens (tertiary/aromatic N) is 2. The van der Waals surface area contributed by atoms with Crippen molar-refractivity contribution in [1.29, 1.82) is 0 Å². The van der Waals surface area contributed by atoms with Crippen LogP contribution in [0.5, 0.6) is 0 Å². The van der Waals surface area contributed by atoms with Gasteiger partial charge in [0.25, 0.3) is 0 Å². The van der Waals surface area contributed by atoms with Gasteiger partial charge in [-0.2, -0.15) is 0 Å². The number of aliphatic carboxylic acids is 2. The second-order valence-electron chi connectivity index (χ2n) is 10.9. The van der Waals surface area contributed by atoms with E-state index in [1.165, 1.54) is 24.3 Å². The third-order valence-corrected chi connectivity index (χ3v) is 8.02. The van der Waals surface area contributed by atoms with Gasteiger partial charge in [0, 0.05) is 42.8 Å². The first-order valence-corrected chi connectivity index (χ1v) is 14.5. The summed E-state index contributed by atoms with van der Waals surface area (Å²) in [5, 5.41) is 26.0. The topological polar surface area (TPSA) is 118 Å². The molecule has 0 saturated carbocycles. The minimum Gasteiger partial charge on any atom is -0.478 e. The molecule has 9 nitrogen and oxygen atoms in total. The number of carboxylic acid groups (broad SMARTS) is 2. The third-order valence-electron chi connectivity index (χ3n) is 8.02. The van der Waals surface area contributed by atoms with Crippen molar-refractivity contribution in [2.45, 2.75) is 37.8 Å². The molecule has 4 N–H and O–H groups in total. The summed E-state index contributed by atoms with van der Waals surface area (Å²) >= 11 is 0. The molecule has 43 heavy (non-hydrogen) atoms. The average molecular weight is 579 g/mol. The van der Waals surface area contributed by atoms with Crippen molar-refractivity contribution in [2.24, 2.45) is 0 Å². The van der Waals surface area contributed by atoms with Gasteiger partial charge < -0.3 is 30.2 Å². The molecule has 6 rings (SSSR count). The van der Waals surface area contributed by atoms with Gasteiger partial charge in [-0.1, -0.05) is 30.4 Å². The van der Waals surface area contributed by atoms with E-state index in [2.05, 4.69) is 39.8 Å². The Morgan fingerprint density at radius 2 is 1.74 bits per heavy atom. The van der Waals surface area contributed by atoms with Crippen LogP contribution in [0.25, 0.3) is 5.57 Å². The lowest BCUT2D eigenvalue weighted by molar-refractivity contribution is -0.133. The molecular formula is C34H34N4O5. The first-order chi connectivity index (χ1) is 20.9. The Labute approximate surface area is 250 Å². The van der Waals surface area contributed by atoms with Gasteiger partial charge in [0.1, 0.15) is 5.76 Å². The molecular weight excluding hydrogens is 544 g/mol. The van der Waals surface area contributed by atoms with E-state index < -0.39 is 18.0 Å². The first kappa shape index (κ1) is 28.0. The number of hydrogen-bond donors (Lipinski definition) is 4. The maximum Gasteiger partial charge on any atom is 0.335 e. The van der Waals surface area contributed by atoms with Crippen LogP contribution in [-0.4, -0.2) is 52.7 Å². The molecule has 2 atom stereocenters. The molecule has 4 heterocycles.